The van der Waals surface area contributed by atoms with Gasteiger partial charge in [0, 0.05) is 11.8 Å². The number of methoxy groups -OCH3 is 2. The summed E-state index contributed by atoms with van der Waals surface area (Å²) in [6.07, 6.45) is 5.35. The number of anilines is 1. The predicted octanol–water partition coefficient (Wildman–Crippen LogP) is 2.61. The average Bonchev–Trinajstić information content (AvgIpc) is 3.21. The van der Waals surface area contributed by atoms with Crippen LogP contribution >= 0.6 is 12.2 Å². The van der Waals surface area contributed by atoms with Crippen LogP contribution in [-0.2, 0) is 6.54 Å². The fourth-order valence-corrected chi connectivity index (χ4v) is 3.09. The largest absolute Gasteiger partial charge is 0.493 e. The molecule has 0 aliphatic carbocycles. The molecular formula is C20H19N7O2S. The zero-order valence-corrected chi connectivity index (χ0v) is 17.2. The molecule has 0 aliphatic rings. The number of nitrogens with one attached hydrogen (secondary N) is 1. The third-order valence-corrected chi connectivity index (χ3v) is 4.48. The van der Waals surface area contributed by atoms with E-state index in [0.717, 1.165) is 11.1 Å². The van der Waals surface area contributed by atoms with E-state index in [0.29, 0.717) is 40.7 Å². The fraction of sp³-hybridized carbons (Fsp3) is 0.150. The lowest BCUT2D eigenvalue weighted by Crippen LogP contribution is -2.19. The fourth-order valence-electron chi connectivity index (χ4n) is 2.98. The lowest BCUT2D eigenvalue weighted by molar-refractivity contribution is 0.354. The Kier molecular flexibility index (Phi) is 5.40. The third kappa shape index (κ3) is 4.13. The summed E-state index contributed by atoms with van der Waals surface area (Å²) in [6, 6.07) is 9.32. The minimum Gasteiger partial charge on any atom is -0.493 e. The van der Waals surface area contributed by atoms with Gasteiger partial charge in [-0.2, -0.15) is 5.10 Å². The zero-order chi connectivity index (χ0) is 21.1. The molecule has 0 atom stereocenters. The molecule has 0 unspecified atom stereocenters. The quantitative estimate of drug-likeness (QED) is 0.454. The van der Waals surface area contributed by atoms with Crippen molar-refractivity contribution in [3.63, 3.8) is 0 Å². The first-order valence-corrected chi connectivity index (χ1v) is 9.40. The van der Waals surface area contributed by atoms with E-state index in [1.54, 1.807) is 38.7 Å². The minimum absolute atomic E-state index is 0.141. The van der Waals surface area contributed by atoms with E-state index in [2.05, 4.69) is 25.4 Å². The number of hydrogen-bond donors (Lipinski definition) is 2. The van der Waals surface area contributed by atoms with Crippen LogP contribution < -0.4 is 20.5 Å². The highest BCUT2D eigenvalue weighted by atomic mass is 32.1. The van der Waals surface area contributed by atoms with Gasteiger partial charge in [-0.25, -0.2) is 9.97 Å². The average molecular weight is 421 g/mol. The van der Waals surface area contributed by atoms with Crippen LogP contribution in [0.3, 0.4) is 0 Å². The van der Waals surface area contributed by atoms with E-state index in [-0.39, 0.29) is 5.11 Å². The SMILES string of the molecule is COc1ccc(Cn2cc(-c3cnc4ccc(NC(N)=S)nc4n3)cn2)cc1OC. The first-order chi connectivity index (χ1) is 14.6. The van der Waals surface area contributed by atoms with Gasteiger partial charge in [-0.15, -0.1) is 0 Å². The molecule has 3 N–H and O–H groups in total. The zero-order valence-electron chi connectivity index (χ0n) is 16.4. The minimum atomic E-state index is 0.141. The van der Waals surface area contributed by atoms with Gasteiger partial charge in [-0.1, -0.05) is 6.07 Å². The summed E-state index contributed by atoms with van der Waals surface area (Å²) in [4.78, 5) is 13.4. The molecule has 0 saturated heterocycles. The van der Waals surface area contributed by atoms with Crippen molar-refractivity contribution < 1.29 is 9.47 Å². The topological polar surface area (TPSA) is 113 Å². The Morgan fingerprint density at radius 2 is 1.93 bits per heavy atom. The standard InChI is InChI=1S/C20H19N7O2S/c1-28-16-5-3-12(7-17(16)29-2)10-27-11-13(8-23-27)15-9-22-14-4-6-18(26-20(21)30)25-19(14)24-15/h3-9,11H,10H2,1-2H3,(H3,21,24,25,26,30). The summed E-state index contributed by atoms with van der Waals surface area (Å²) < 4.78 is 12.5. The van der Waals surface area contributed by atoms with Crippen molar-refractivity contribution in [2.75, 3.05) is 19.5 Å². The molecule has 0 aliphatic heterocycles. The number of hydrogen-bond acceptors (Lipinski definition) is 7. The Morgan fingerprint density at radius 1 is 1.10 bits per heavy atom. The van der Waals surface area contributed by atoms with Gasteiger partial charge < -0.3 is 20.5 Å². The van der Waals surface area contributed by atoms with Gasteiger partial charge >= 0.3 is 0 Å². The van der Waals surface area contributed by atoms with Crippen LogP contribution in [0.1, 0.15) is 5.56 Å². The van der Waals surface area contributed by atoms with Gasteiger partial charge in [-0.05, 0) is 42.0 Å². The number of nitrogens with zero attached hydrogens (tertiary/aromatic N) is 5. The van der Waals surface area contributed by atoms with Gasteiger partial charge in [0.25, 0.3) is 0 Å². The van der Waals surface area contributed by atoms with Gasteiger partial charge in [-0.3, -0.25) is 9.67 Å². The van der Waals surface area contributed by atoms with Crippen LogP contribution in [0.15, 0.2) is 48.9 Å². The number of rotatable bonds is 6. The molecular weight excluding hydrogens is 402 g/mol. The van der Waals surface area contributed by atoms with Crippen LogP contribution in [-0.4, -0.2) is 44.1 Å². The van der Waals surface area contributed by atoms with E-state index >= 15 is 0 Å². The first-order valence-electron chi connectivity index (χ1n) is 8.99. The van der Waals surface area contributed by atoms with Crippen molar-refractivity contribution in [3.05, 3.63) is 54.5 Å². The Bertz CT molecular complexity index is 1220. The summed E-state index contributed by atoms with van der Waals surface area (Å²) in [5.41, 5.74) is 9.20. The number of thiocarbonyl (C=S) groups is 1. The number of pyridine rings is 1. The molecule has 3 heterocycles. The summed E-state index contributed by atoms with van der Waals surface area (Å²) in [7, 11) is 3.22. The molecule has 0 amide bonds. The highest BCUT2D eigenvalue weighted by Gasteiger charge is 2.09. The van der Waals surface area contributed by atoms with Crippen molar-refractivity contribution in [2.45, 2.75) is 6.54 Å². The first kappa shape index (κ1) is 19.5. The molecule has 10 heteroatoms. The van der Waals surface area contributed by atoms with Crippen molar-refractivity contribution in [3.8, 4) is 22.8 Å². The van der Waals surface area contributed by atoms with E-state index in [1.165, 1.54) is 0 Å². The molecule has 0 fully saturated rings. The number of benzene rings is 1. The molecule has 152 valence electrons. The maximum atomic E-state index is 5.51. The maximum absolute atomic E-state index is 5.51. The van der Waals surface area contributed by atoms with Crippen LogP contribution in [0.5, 0.6) is 11.5 Å². The Morgan fingerprint density at radius 3 is 2.70 bits per heavy atom. The molecule has 0 spiro atoms. The van der Waals surface area contributed by atoms with Gasteiger partial charge in [0.15, 0.2) is 22.3 Å². The Balaban J connectivity index is 1.58. The number of aromatic nitrogens is 5. The lowest BCUT2D eigenvalue weighted by atomic mass is 10.2. The second kappa shape index (κ2) is 8.29. The van der Waals surface area contributed by atoms with Crippen molar-refractivity contribution in [1.29, 1.82) is 0 Å². The Hall–Kier alpha value is -3.79. The Labute approximate surface area is 177 Å². The molecule has 4 aromatic rings. The van der Waals surface area contributed by atoms with Crippen LogP contribution in [0, 0.1) is 0 Å². The summed E-state index contributed by atoms with van der Waals surface area (Å²) in [5, 5.41) is 7.37. The van der Waals surface area contributed by atoms with E-state index in [1.807, 2.05) is 29.1 Å². The highest BCUT2D eigenvalue weighted by molar-refractivity contribution is 7.80. The molecule has 4 rings (SSSR count). The summed E-state index contributed by atoms with van der Waals surface area (Å²) in [6.45, 7) is 0.571. The van der Waals surface area contributed by atoms with Gasteiger partial charge in [0.05, 0.1) is 38.9 Å². The number of fused-ring (bicyclic) bond motifs is 1. The van der Waals surface area contributed by atoms with Gasteiger partial charge in [0.1, 0.15) is 11.3 Å². The second-order valence-electron chi connectivity index (χ2n) is 6.40. The van der Waals surface area contributed by atoms with E-state index in [4.69, 9.17) is 27.4 Å². The lowest BCUT2D eigenvalue weighted by Gasteiger charge is -2.09. The van der Waals surface area contributed by atoms with E-state index < -0.39 is 0 Å². The monoisotopic (exact) mass is 421 g/mol. The smallest absolute Gasteiger partial charge is 0.180 e. The molecule has 0 radical (unpaired) electrons. The summed E-state index contributed by atoms with van der Waals surface area (Å²) in [5.74, 6) is 1.88. The molecule has 9 nitrogen and oxygen atoms in total. The highest BCUT2D eigenvalue weighted by Crippen LogP contribution is 2.28. The second-order valence-corrected chi connectivity index (χ2v) is 6.84. The number of ether oxygens (including phenoxy) is 2. The van der Waals surface area contributed by atoms with Gasteiger partial charge in [0.2, 0.25) is 0 Å². The molecule has 1 aromatic carbocycles. The maximum Gasteiger partial charge on any atom is 0.180 e. The van der Waals surface area contributed by atoms with E-state index in [9.17, 15) is 0 Å². The molecule has 0 bridgehead atoms. The van der Waals surface area contributed by atoms with Crippen molar-refractivity contribution >= 4 is 34.3 Å². The normalized spacial score (nSPS) is 10.7. The number of nitrogens with two attached hydrogens (primary N) is 1. The third-order valence-electron chi connectivity index (χ3n) is 4.38. The van der Waals surface area contributed by atoms with Crippen molar-refractivity contribution in [2.24, 2.45) is 5.73 Å². The summed E-state index contributed by atoms with van der Waals surface area (Å²) >= 11 is 4.85. The molecule has 30 heavy (non-hydrogen) atoms. The van der Waals surface area contributed by atoms with Crippen LogP contribution in [0.4, 0.5) is 5.82 Å². The predicted molar refractivity (Wildman–Crippen MR) is 118 cm³/mol. The molecule has 0 saturated carbocycles. The van der Waals surface area contributed by atoms with Crippen LogP contribution in [0.25, 0.3) is 22.4 Å². The van der Waals surface area contributed by atoms with Crippen LogP contribution in [0.2, 0.25) is 0 Å². The molecule has 3 aromatic heterocycles. The van der Waals surface area contributed by atoms with Crippen molar-refractivity contribution in [1.82, 2.24) is 24.7 Å².